The van der Waals surface area contributed by atoms with Gasteiger partial charge in [0.25, 0.3) is 5.91 Å². The van der Waals surface area contributed by atoms with Gasteiger partial charge in [-0.2, -0.15) is 13.2 Å². The zero-order valence-electron chi connectivity index (χ0n) is 19.0. The number of hydrogen-bond donors (Lipinski definition) is 3. The van der Waals surface area contributed by atoms with Crippen LogP contribution in [0, 0.1) is 6.92 Å². The number of nitrogens with zero attached hydrogens (tertiary/aromatic N) is 2. The average Bonchev–Trinajstić information content (AvgIpc) is 3.34. The summed E-state index contributed by atoms with van der Waals surface area (Å²) < 4.78 is 39.1. The first-order valence-electron chi connectivity index (χ1n) is 11.0. The minimum atomic E-state index is -4.53. The normalized spacial score (nSPS) is 11.4. The van der Waals surface area contributed by atoms with Crippen molar-refractivity contribution in [2.75, 3.05) is 10.6 Å². The Balaban J connectivity index is 1.43. The number of anilines is 3. The Labute approximate surface area is 204 Å². The predicted molar refractivity (Wildman–Crippen MR) is 133 cm³/mol. The summed E-state index contributed by atoms with van der Waals surface area (Å²) in [6.07, 6.45) is -2.73. The molecule has 0 bridgehead atoms. The van der Waals surface area contributed by atoms with Crippen molar-refractivity contribution < 1.29 is 18.0 Å². The van der Waals surface area contributed by atoms with Gasteiger partial charge in [-0.3, -0.25) is 4.79 Å². The van der Waals surface area contributed by atoms with Crippen molar-refractivity contribution in [1.82, 2.24) is 15.0 Å². The van der Waals surface area contributed by atoms with Gasteiger partial charge in [-0.15, -0.1) is 0 Å². The fourth-order valence-corrected chi connectivity index (χ4v) is 3.80. The van der Waals surface area contributed by atoms with Crippen molar-refractivity contribution in [2.24, 2.45) is 0 Å². The number of carbonyl (C=O) groups excluding carboxylic acids is 1. The largest absolute Gasteiger partial charge is 0.416 e. The molecule has 0 radical (unpaired) electrons. The summed E-state index contributed by atoms with van der Waals surface area (Å²) in [5.41, 5.74) is 4.16. The quantitative estimate of drug-likeness (QED) is 0.251. The number of rotatable bonds is 5. The fraction of sp³-hybridized carbons (Fsp3) is 0.0741. The van der Waals surface area contributed by atoms with Crippen LogP contribution in [0.3, 0.4) is 0 Å². The maximum absolute atomic E-state index is 13.0. The maximum atomic E-state index is 13.0. The maximum Gasteiger partial charge on any atom is 0.416 e. The molecule has 0 aliphatic heterocycles. The number of aromatic amines is 1. The second-order valence-corrected chi connectivity index (χ2v) is 8.19. The van der Waals surface area contributed by atoms with E-state index in [0.717, 1.165) is 40.0 Å². The van der Waals surface area contributed by atoms with Gasteiger partial charge in [0, 0.05) is 28.7 Å². The molecule has 2 aromatic heterocycles. The zero-order valence-corrected chi connectivity index (χ0v) is 19.0. The van der Waals surface area contributed by atoms with Crippen LogP contribution in [0.5, 0.6) is 0 Å². The minimum Gasteiger partial charge on any atom is -0.358 e. The number of carbonyl (C=O) groups is 1. The van der Waals surface area contributed by atoms with Crippen molar-refractivity contribution in [3.8, 4) is 11.3 Å². The topological polar surface area (TPSA) is 82.7 Å². The molecule has 0 unspecified atom stereocenters. The molecule has 5 aromatic rings. The number of amides is 1. The number of fused-ring (bicyclic) bond motifs is 1. The minimum absolute atomic E-state index is 0.0892. The van der Waals surface area contributed by atoms with Crippen LogP contribution in [-0.4, -0.2) is 20.9 Å². The highest BCUT2D eigenvalue weighted by atomic mass is 19.4. The Hall–Kier alpha value is -4.66. The van der Waals surface area contributed by atoms with Crippen LogP contribution in [0.2, 0.25) is 0 Å². The molecular formula is C27H20F3N5O. The van der Waals surface area contributed by atoms with Crippen LogP contribution in [0.15, 0.2) is 85.1 Å². The first kappa shape index (κ1) is 23.1. The lowest BCUT2D eigenvalue weighted by atomic mass is 10.1. The third kappa shape index (κ3) is 4.76. The fourth-order valence-electron chi connectivity index (χ4n) is 3.80. The lowest BCUT2D eigenvalue weighted by Crippen LogP contribution is -2.14. The van der Waals surface area contributed by atoms with Gasteiger partial charge in [0.05, 0.1) is 22.3 Å². The molecule has 2 heterocycles. The molecule has 0 spiro atoms. The van der Waals surface area contributed by atoms with E-state index >= 15 is 0 Å². The summed E-state index contributed by atoms with van der Waals surface area (Å²) in [7, 11) is 0. The van der Waals surface area contributed by atoms with Crippen molar-refractivity contribution in [3.05, 3.63) is 102 Å². The molecule has 0 atom stereocenters. The summed E-state index contributed by atoms with van der Waals surface area (Å²) >= 11 is 0. The number of hydrogen-bond acceptors (Lipinski definition) is 4. The molecule has 0 aliphatic carbocycles. The molecule has 0 saturated carbocycles. The van der Waals surface area contributed by atoms with Crippen LogP contribution >= 0.6 is 0 Å². The second-order valence-electron chi connectivity index (χ2n) is 8.19. The van der Waals surface area contributed by atoms with Gasteiger partial charge in [0.2, 0.25) is 5.95 Å². The summed E-state index contributed by atoms with van der Waals surface area (Å²) in [5.74, 6) is -0.280. The molecule has 36 heavy (non-hydrogen) atoms. The summed E-state index contributed by atoms with van der Waals surface area (Å²) in [4.78, 5) is 25.1. The third-order valence-electron chi connectivity index (χ3n) is 5.65. The molecule has 0 aliphatic rings. The molecule has 3 aromatic carbocycles. The van der Waals surface area contributed by atoms with Crippen molar-refractivity contribution >= 4 is 34.3 Å². The molecule has 180 valence electrons. The number of H-pyrrole nitrogens is 1. The summed E-state index contributed by atoms with van der Waals surface area (Å²) in [6.45, 7) is 1.88. The molecule has 9 heteroatoms. The van der Waals surface area contributed by atoms with Crippen molar-refractivity contribution in [1.29, 1.82) is 0 Å². The molecule has 1 amide bonds. The van der Waals surface area contributed by atoms with E-state index in [1.54, 1.807) is 24.4 Å². The second kappa shape index (κ2) is 9.18. The SMILES string of the molecule is Cc1ccc(NC(=O)c2cccc(C(F)(F)F)c2)cc1Nc1nc(-c2ccccc2)c2[nH]ccc2n1. The molecule has 3 N–H and O–H groups in total. The van der Waals surface area contributed by atoms with E-state index in [4.69, 9.17) is 4.98 Å². The van der Waals surface area contributed by atoms with Gasteiger partial charge in [-0.25, -0.2) is 9.97 Å². The lowest BCUT2D eigenvalue weighted by Gasteiger charge is -2.13. The Morgan fingerprint density at radius 2 is 1.72 bits per heavy atom. The van der Waals surface area contributed by atoms with Gasteiger partial charge in [-0.05, 0) is 48.9 Å². The number of nitrogens with one attached hydrogen (secondary N) is 3. The Morgan fingerprint density at radius 3 is 2.50 bits per heavy atom. The van der Waals surface area contributed by atoms with E-state index < -0.39 is 17.6 Å². The molecular weight excluding hydrogens is 467 g/mol. The van der Waals surface area contributed by atoms with Crippen molar-refractivity contribution in [3.63, 3.8) is 0 Å². The Morgan fingerprint density at radius 1 is 0.917 bits per heavy atom. The monoisotopic (exact) mass is 487 g/mol. The van der Waals surface area contributed by atoms with Crippen LogP contribution < -0.4 is 10.6 Å². The van der Waals surface area contributed by atoms with E-state index in [1.165, 1.54) is 12.1 Å². The van der Waals surface area contributed by atoms with Crippen molar-refractivity contribution in [2.45, 2.75) is 13.1 Å². The molecule has 5 rings (SSSR count). The van der Waals surface area contributed by atoms with E-state index in [0.29, 0.717) is 17.3 Å². The van der Waals surface area contributed by atoms with Gasteiger partial charge < -0.3 is 15.6 Å². The van der Waals surface area contributed by atoms with Crippen LogP contribution in [0.1, 0.15) is 21.5 Å². The highest BCUT2D eigenvalue weighted by Gasteiger charge is 2.30. The standard InChI is InChI=1S/C27H20F3N5O/c1-16-10-11-20(32-25(36)18-8-5-9-19(14-18)27(28,29)30)15-22(16)34-26-33-21-12-13-31-24(21)23(35-26)17-6-3-2-4-7-17/h2-15,31H,1H3,(H,32,36)(H,33,34,35). The number of benzene rings is 3. The van der Waals surface area contributed by atoms with Gasteiger partial charge >= 0.3 is 6.18 Å². The van der Waals surface area contributed by atoms with E-state index in [2.05, 4.69) is 20.6 Å². The van der Waals surface area contributed by atoms with Crippen LogP contribution in [0.4, 0.5) is 30.5 Å². The first-order chi connectivity index (χ1) is 17.3. The Bertz CT molecular complexity index is 1560. The zero-order chi connectivity index (χ0) is 25.3. The highest BCUT2D eigenvalue weighted by Crippen LogP contribution is 2.31. The highest BCUT2D eigenvalue weighted by molar-refractivity contribution is 6.04. The third-order valence-corrected chi connectivity index (χ3v) is 5.65. The molecule has 6 nitrogen and oxygen atoms in total. The number of halogens is 3. The van der Waals surface area contributed by atoms with Gasteiger partial charge in [-0.1, -0.05) is 42.5 Å². The molecule has 0 fully saturated rings. The number of alkyl halides is 3. The van der Waals surface area contributed by atoms with Gasteiger partial charge in [0.1, 0.15) is 0 Å². The summed E-state index contributed by atoms with van der Waals surface area (Å²) in [5, 5.41) is 5.87. The Kier molecular flexibility index (Phi) is 5.89. The van der Waals surface area contributed by atoms with Crippen LogP contribution in [0.25, 0.3) is 22.3 Å². The van der Waals surface area contributed by atoms with E-state index in [1.807, 2.05) is 43.3 Å². The number of aromatic nitrogens is 3. The lowest BCUT2D eigenvalue weighted by molar-refractivity contribution is -0.137. The van der Waals surface area contributed by atoms with E-state index in [-0.39, 0.29) is 5.56 Å². The first-order valence-corrected chi connectivity index (χ1v) is 11.0. The number of aryl methyl sites for hydroxylation is 1. The average molecular weight is 487 g/mol. The predicted octanol–water partition coefficient (Wildman–Crippen LogP) is 6.95. The summed E-state index contributed by atoms with van der Waals surface area (Å²) in [6, 6.07) is 21.0. The smallest absolute Gasteiger partial charge is 0.358 e. The molecule has 0 saturated heterocycles. The van der Waals surface area contributed by atoms with Crippen LogP contribution in [-0.2, 0) is 6.18 Å². The van der Waals surface area contributed by atoms with E-state index in [9.17, 15) is 18.0 Å². The van der Waals surface area contributed by atoms with Gasteiger partial charge in [0.15, 0.2) is 0 Å².